The van der Waals surface area contributed by atoms with Crippen LogP contribution in [0.15, 0.2) is 24.3 Å². The van der Waals surface area contributed by atoms with Crippen LogP contribution in [0.1, 0.15) is 23.5 Å². The molecule has 2 fully saturated rings. The average Bonchev–Trinajstić information content (AvgIpc) is 2.63. The highest BCUT2D eigenvalue weighted by molar-refractivity contribution is 5.78. The Morgan fingerprint density at radius 1 is 1.07 bits per heavy atom. The van der Waals surface area contributed by atoms with Crippen LogP contribution in [0.2, 0.25) is 0 Å². The summed E-state index contributed by atoms with van der Waals surface area (Å²) < 4.78 is 43.1. The van der Waals surface area contributed by atoms with Crippen LogP contribution in [0.25, 0.3) is 0 Å². The molecule has 2 aliphatic rings. The van der Waals surface area contributed by atoms with Crippen molar-refractivity contribution in [2.45, 2.75) is 24.6 Å². The summed E-state index contributed by atoms with van der Waals surface area (Å²) in [6.45, 7) is 0.964. The fraction of sp³-hybridized carbons (Fsp3) is 0.556. The molecular formula is C18H21F3N2O4. The van der Waals surface area contributed by atoms with E-state index >= 15 is 0 Å². The lowest BCUT2D eigenvalue weighted by atomic mass is 9.84. The predicted octanol–water partition coefficient (Wildman–Crippen LogP) is 2.08. The number of carbonyl (C=O) groups excluding carboxylic acids is 2. The van der Waals surface area contributed by atoms with Crippen LogP contribution in [0, 0.1) is 5.92 Å². The second-order valence-electron chi connectivity index (χ2n) is 7.02. The van der Waals surface area contributed by atoms with Gasteiger partial charge < -0.3 is 19.6 Å². The molecule has 2 amide bonds. The molecular weight excluding hydrogens is 365 g/mol. The summed E-state index contributed by atoms with van der Waals surface area (Å²) in [5, 5.41) is 9.39. The first-order chi connectivity index (χ1) is 12.7. The van der Waals surface area contributed by atoms with Crippen molar-refractivity contribution in [2.75, 3.05) is 33.3 Å². The number of ether oxygens (including phenoxy) is 1. The zero-order valence-electron chi connectivity index (χ0n) is 14.8. The molecule has 2 unspecified atom stereocenters. The van der Waals surface area contributed by atoms with Crippen molar-refractivity contribution in [3.8, 4) is 0 Å². The van der Waals surface area contributed by atoms with E-state index in [0.29, 0.717) is 18.5 Å². The van der Waals surface area contributed by atoms with Crippen LogP contribution < -0.4 is 0 Å². The van der Waals surface area contributed by atoms with Crippen LogP contribution in [-0.2, 0) is 15.7 Å². The standard InChI is InChI=1S/C18H21F3N2O4/c1-27-16(25)13-6-12(11-2-4-14(5-3-11)18(19,20)21)7-22(8-13)17(26)23-9-15(24)10-23/h2-5,12-13,15,24H,6-10H2,1H3. The molecule has 1 N–H and O–H groups in total. The zero-order valence-corrected chi connectivity index (χ0v) is 14.8. The molecule has 1 aromatic rings. The van der Waals surface area contributed by atoms with Gasteiger partial charge in [-0.05, 0) is 24.1 Å². The molecule has 9 heteroatoms. The van der Waals surface area contributed by atoms with Crippen molar-refractivity contribution in [3.05, 3.63) is 35.4 Å². The number of aliphatic hydroxyl groups is 1. The smallest absolute Gasteiger partial charge is 0.416 e. The van der Waals surface area contributed by atoms with E-state index in [-0.39, 0.29) is 31.6 Å². The van der Waals surface area contributed by atoms with E-state index in [1.807, 2.05) is 0 Å². The molecule has 1 aromatic carbocycles. The summed E-state index contributed by atoms with van der Waals surface area (Å²) in [5.74, 6) is -1.28. The largest absolute Gasteiger partial charge is 0.469 e. The molecule has 2 atom stereocenters. The Balaban J connectivity index is 1.78. The maximum atomic E-state index is 12.8. The first-order valence-corrected chi connectivity index (χ1v) is 8.66. The highest BCUT2D eigenvalue weighted by Crippen LogP contribution is 2.34. The monoisotopic (exact) mass is 386 g/mol. The molecule has 0 spiro atoms. The van der Waals surface area contributed by atoms with Gasteiger partial charge in [0, 0.05) is 19.0 Å². The number of halogens is 3. The third-order valence-corrected chi connectivity index (χ3v) is 5.10. The van der Waals surface area contributed by atoms with Crippen molar-refractivity contribution in [3.63, 3.8) is 0 Å². The summed E-state index contributed by atoms with van der Waals surface area (Å²) in [4.78, 5) is 27.6. The third-order valence-electron chi connectivity index (χ3n) is 5.10. The Morgan fingerprint density at radius 3 is 2.19 bits per heavy atom. The minimum Gasteiger partial charge on any atom is -0.469 e. The fourth-order valence-corrected chi connectivity index (χ4v) is 3.59. The quantitative estimate of drug-likeness (QED) is 0.791. The average molecular weight is 386 g/mol. The maximum Gasteiger partial charge on any atom is 0.416 e. The second kappa shape index (κ2) is 7.38. The van der Waals surface area contributed by atoms with Gasteiger partial charge in [0.15, 0.2) is 0 Å². The lowest BCUT2D eigenvalue weighted by Gasteiger charge is -2.43. The Morgan fingerprint density at radius 2 is 1.67 bits per heavy atom. The van der Waals surface area contributed by atoms with Crippen LogP contribution in [0.5, 0.6) is 0 Å². The van der Waals surface area contributed by atoms with Crippen LogP contribution in [0.4, 0.5) is 18.0 Å². The normalized spacial score (nSPS) is 23.7. The SMILES string of the molecule is COC(=O)C1CC(c2ccc(C(F)(F)F)cc2)CN(C(=O)N2CC(O)C2)C1. The van der Waals surface area contributed by atoms with Crippen LogP contribution in [0.3, 0.4) is 0 Å². The van der Waals surface area contributed by atoms with Crippen molar-refractivity contribution >= 4 is 12.0 Å². The van der Waals surface area contributed by atoms with E-state index in [2.05, 4.69) is 0 Å². The molecule has 2 aliphatic heterocycles. The van der Waals surface area contributed by atoms with Gasteiger partial charge in [0.25, 0.3) is 0 Å². The Kier molecular flexibility index (Phi) is 5.32. The van der Waals surface area contributed by atoms with Crippen molar-refractivity contribution in [1.82, 2.24) is 9.80 Å². The van der Waals surface area contributed by atoms with Crippen molar-refractivity contribution in [1.29, 1.82) is 0 Å². The molecule has 2 heterocycles. The number of hydrogen-bond donors (Lipinski definition) is 1. The molecule has 27 heavy (non-hydrogen) atoms. The molecule has 0 aromatic heterocycles. The van der Waals surface area contributed by atoms with Gasteiger partial charge in [0.1, 0.15) is 0 Å². The van der Waals surface area contributed by atoms with E-state index in [9.17, 15) is 27.9 Å². The number of nitrogens with zero attached hydrogens (tertiary/aromatic N) is 2. The lowest BCUT2D eigenvalue weighted by molar-refractivity contribution is -0.147. The molecule has 0 radical (unpaired) electrons. The van der Waals surface area contributed by atoms with Gasteiger partial charge >= 0.3 is 18.2 Å². The molecule has 148 valence electrons. The van der Waals surface area contributed by atoms with Crippen LogP contribution >= 0.6 is 0 Å². The number of hydrogen-bond acceptors (Lipinski definition) is 4. The van der Waals surface area contributed by atoms with E-state index in [1.54, 1.807) is 0 Å². The van der Waals surface area contributed by atoms with Gasteiger partial charge in [-0.2, -0.15) is 13.2 Å². The van der Waals surface area contributed by atoms with Crippen LogP contribution in [-0.4, -0.2) is 66.3 Å². The molecule has 0 aliphatic carbocycles. The summed E-state index contributed by atoms with van der Waals surface area (Å²) in [6.07, 6.45) is -4.56. The Hall–Kier alpha value is -2.29. The maximum absolute atomic E-state index is 12.8. The molecule has 0 bridgehead atoms. The number of rotatable bonds is 2. The lowest BCUT2D eigenvalue weighted by Crippen LogP contribution is -2.59. The number of amides is 2. The zero-order chi connectivity index (χ0) is 19.8. The fourth-order valence-electron chi connectivity index (χ4n) is 3.59. The Bertz CT molecular complexity index is 702. The van der Waals surface area contributed by atoms with Gasteiger partial charge in [-0.3, -0.25) is 4.79 Å². The minimum atomic E-state index is -4.42. The first-order valence-electron chi connectivity index (χ1n) is 8.66. The van der Waals surface area contributed by atoms with Gasteiger partial charge in [0.2, 0.25) is 0 Å². The summed E-state index contributed by atoms with van der Waals surface area (Å²) in [5.41, 5.74) is -0.105. The van der Waals surface area contributed by atoms with Gasteiger partial charge in [-0.15, -0.1) is 0 Å². The number of piperidine rings is 1. The van der Waals surface area contributed by atoms with Crippen molar-refractivity contribution < 1.29 is 32.6 Å². The summed E-state index contributed by atoms with van der Waals surface area (Å²) >= 11 is 0. The topological polar surface area (TPSA) is 70.1 Å². The highest BCUT2D eigenvalue weighted by atomic mass is 19.4. The predicted molar refractivity (Wildman–Crippen MR) is 88.9 cm³/mol. The third kappa shape index (κ3) is 4.18. The minimum absolute atomic E-state index is 0.190. The molecule has 3 rings (SSSR count). The molecule has 0 saturated carbocycles. The number of methoxy groups -OCH3 is 1. The van der Waals surface area contributed by atoms with E-state index < -0.39 is 29.7 Å². The summed E-state index contributed by atoms with van der Waals surface area (Å²) in [6, 6.07) is 4.52. The van der Waals surface area contributed by atoms with E-state index in [1.165, 1.54) is 29.0 Å². The number of esters is 1. The van der Waals surface area contributed by atoms with Gasteiger partial charge in [0.05, 0.1) is 37.8 Å². The number of aliphatic hydroxyl groups excluding tert-OH is 1. The van der Waals surface area contributed by atoms with Gasteiger partial charge in [-0.25, -0.2) is 4.79 Å². The number of alkyl halides is 3. The van der Waals surface area contributed by atoms with E-state index in [0.717, 1.165) is 12.1 Å². The second-order valence-corrected chi connectivity index (χ2v) is 7.02. The summed E-state index contributed by atoms with van der Waals surface area (Å²) in [7, 11) is 1.27. The first kappa shape index (κ1) is 19.5. The Labute approximate surface area is 154 Å². The van der Waals surface area contributed by atoms with Crippen molar-refractivity contribution in [2.24, 2.45) is 5.92 Å². The highest BCUT2D eigenvalue weighted by Gasteiger charge is 2.39. The van der Waals surface area contributed by atoms with E-state index in [4.69, 9.17) is 4.74 Å². The number of benzene rings is 1. The number of likely N-dealkylation sites (tertiary alicyclic amines) is 2. The number of urea groups is 1. The number of carbonyl (C=O) groups is 2. The molecule has 6 nitrogen and oxygen atoms in total. The molecule has 2 saturated heterocycles. The number of β-amino-alcohol motifs (C(OH)–C–C–N with tert-alkyl or cyclic N) is 1. The van der Waals surface area contributed by atoms with Gasteiger partial charge in [-0.1, -0.05) is 12.1 Å².